The Balaban J connectivity index is 1.69. The van der Waals surface area contributed by atoms with Crippen LogP contribution in [0.5, 0.6) is 0 Å². The summed E-state index contributed by atoms with van der Waals surface area (Å²) < 4.78 is 49.8. The largest absolute Gasteiger partial charge is 0.401 e. The molecule has 0 radical (unpaired) electrons. The maximum atomic E-state index is 13.2. The van der Waals surface area contributed by atoms with E-state index >= 15 is 0 Å². The lowest BCUT2D eigenvalue weighted by molar-refractivity contribution is -0.143. The first-order valence-electron chi connectivity index (χ1n) is 7.76. The minimum absolute atomic E-state index is 0.205. The van der Waals surface area contributed by atoms with Gasteiger partial charge >= 0.3 is 6.18 Å². The van der Waals surface area contributed by atoms with E-state index in [1.165, 1.54) is 25.2 Å². The number of hydrogen-bond acceptors (Lipinski definition) is 4. The minimum Gasteiger partial charge on any atom is -0.382 e. The Morgan fingerprint density at radius 1 is 1.44 bits per heavy atom. The summed E-state index contributed by atoms with van der Waals surface area (Å²) in [4.78, 5) is 18.2. The van der Waals surface area contributed by atoms with Crippen molar-refractivity contribution in [3.63, 3.8) is 0 Å². The Hall–Kier alpha value is -2.16. The Morgan fingerprint density at radius 2 is 2.20 bits per heavy atom. The summed E-state index contributed by atoms with van der Waals surface area (Å²) >= 11 is 0. The number of carbonyl (C=O) groups is 1. The molecule has 0 fully saturated rings. The smallest absolute Gasteiger partial charge is 0.382 e. The van der Waals surface area contributed by atoms with Crippen molar-refractivity contribution in [1.82, 2.24) is 10.2 Å². The molecule has 0 aromatic heterocycles. The second kappa shape index (κ2) is 8.28. The number of nitrogens with one attached hydrogen (secondary N) is 1. The quantitative estimate of drug-likeness (QED) is 0.599. The van der Waals surface area contributed by atoms with Crippen LogP contribution in [0.1, 0.15) is 18.4 Å². The van der Waals surface area contributed by atoms with Gasteiger partial charge in [-0.15, -0.1) is 0 Å². The fraction of sp³-hybridized carbons (Fsp3) is 0.500. The van der Waals surface area contributed by atoms with Gasteiger partial charge in [-0.05, 0) is 32.1 Å². The molecule has 0 spiro atoms. The van der Waals surface area contributed by atoms with Crippen LogP contribution in [0.4, 0.5) is 17.6 Å². The normalized spacial score (nSPS) is 17.4. The molecule has 0 saturated carbocycles. The monoisotopic (exact) mass is 361 g/mol. The molecule has 2 rings (SSSR count). The summed E-state index contributed by atoms with van der Waals surface area (Å²) in [5.74, 6) is -0.801. The first-order valence-corrected chi connectivity index (χ1v) is 7.76. The number of alkyl halides is 3. The van der Waals surface area contributed by atoms with Crippen molar-refractivity contribution >= 4 is 11.6 Å². The highest BCUT2D eigenvalue weighted by atomic mass is 19.4. The average molecular weight is 361 g/mol. The van der Waals surface area contributed by atoms with Crippen molar-refractivity contribution in [3.8, 4) is 0 Å². The third kappa shape index (κ3) is 6.33. The van der Waals surface area contributed by atoms with Gasteiger partial charge in [-0.1, -0.05) is 17.3 Å². The van der Waals surface area contributed by atoms with Crippen LogP contribution in [-0.4, -0.2) is 55.5 Å². The highest BCUT2D eigenvalue weighted by Gasteiger charge is 2.30. The summed E-state index contributed by atoms with van der Waals surface area (Å²) in [6, 6.07) is 5.82. The number of benzene rings is 1. The number of nitrogens with zero attached hydrogens (tertiary/aromatic N) is 2. The second-order valence-corrected chi connectivity index (χ2v) is 5.84. The van der Waals surface area contributed by atoms with Crippen molar-refractivity contribution in [2.75, 3.05) is 26.7 Å². The lowest BCUT2D eigenvalue weighted by atomic mass is 10.0. The van der Waals surface area contributed by atoms with E-state index in [-0.39, 0.29) is 19.5 Å². The molecule has 25 heavy (non-hydrogen) atoms. The van der Waals surface area contributed by atoms with Crippen molar-refractivity contribution < 1.29 is 27.2 Å². The van der Waals surface area contributed by atoms with Crippen LogP contribution in [0.2, 0.25) is 0 Å². The third-order valence-corrected chi connectivity index (χ3v) is 3.58. The van der Waals surface area contributed by atoms with Gasteiger partial charge in [0.1, 0.15) is 5.82 Å². The number of halogens is 4. The van der Waals surface area contributed by atoms with Gasteiger partial charge < -0.3 is 10.2 Å². The van der Waals surface area contributed by atoms with Gasteiger partial charge in [-0.3, -0.25) is 9.69 Å². The Morgan fingerprint density at radius 3 is 2.88 bits per heavy atom. The lowest BCUT2D eigenvalue weighted by Gasteiger charge is -2.18. The van der Waals surface area contributed by atoms with E-state index in [9.17, 15) is 22.4 Å². The van der Waals surface area contributed by atoms with Crippen LogP contribution in [0, 0.1) is 5.82 Å². The number of carbonyl (C=O) groups excluding carboxylic acids is 1. The van der Waals surface area contributed by atoms with Gasteiger partial charge in [-0.25, -0.2) is 4.39 Å². The Bertz CT molecular complexity index is 634. The molecular weight excluding hydrogens is 342 g/mol. The SMILES string of the molecule is CN(CCCNC(=O)C1CC(c2cccc(F)c2)=NO1)CC(F)(F)F. The zero-order chi connectivity index (χ0) is 18.4. The van der Waals surface area contributed by atoms with Crippen molar-refractivity contribution in [1.29, 1.82) is 0 Å². The summed E-state index contributed by atoms with van der Waals surface area (Å²) in [6.07, 6.45) is -4.46. The summed E-state index contributed by atoms with van der Waals surface area (Å²) in [5, 5.41) is 6.41. The van der Waals surface area contributed by atoms with Crippen LogP contribution in [-0.2, 0) is 9.63 Å². The van der Waals surface area contributed by atoms with Crippen molar-refractivity contribution in [2.24, 2.45) is 5.16 Å². The minimum atomic E-state index is -4.24. The van der Waals surface area contributed by atoms with E-state index in [0.29, 0.717) is 17.7 Å². The molecule has 5 nitrogen and oxygen atoms in total. The predicted molar refractivity (Wildman–Crippen MR) is 83.6 cm³/mol. The topological polar surface area (TPSA) is 53.9 Å². The van der Waals surface area contributed by atoms with Gasteiger partial charge in [0, 0.05) is 18.5 Å². The molecular formula is C16H19F4N3O2. The van der Waals surface area contributed by atoms with E-state index in [4.69, 9.17) is 4.84 Å². The zero-order valence-electron chi connectivity index (χ0n) is 13.6. The van der Waals surface area contributed by atoms with Crippen LogP contribution >= 0.6 is 0 Å². The van der Waals surface area contributed by atoms with E-state index in [1.54, 1.807) is 6.07 Å². The van der Waals surface area contributed by atoms with Gasteiger partial charge in [0.05, 0.1) is 12.3 Å². The predicted octanol–water partition coefficient (Wildman–Crippen LogP) is 2.32. The van der Waals surface area contributed by atoms with E-state index < -0.39 is 30.5 Å². The van der Waals surface area contributed by atoms with Gasteiger partial charge in [0.2, 0.25) is 6.10 Å². The molecule has 0 bridgehead atoms. The number of oxime groups is 1. The lowest BCUT2D eigenvalue weighted by Crippen LogP contribution is -2.37. The van der Waals surface area contributed by atoms with Gasteiger partial charge in [-0.2, -0.15) is 13.2 Å². The molecule has 1 amide bonds. The van der Waals surface area contributed by atoms with E-state index in [0.717, 1.165) is 4.90 Å². The van der Waals surface area contributed by atoms with Crippen LogP contribution in [0.25, 0.3) is 0 Å². The maximum absolute atomic E-state index is 13.2. The van der Waals surface area contributed by atoms with E-state index in [2.05, 4.69) is 10.5 Å². The molecule has 138 valence electrons. The summed E-state index contributed by atoms with van der Waals surface area (Å²) in [6.45, 7) is -0.552. The average Bonchev–Trinajstić information content (AvgIpc) is 2.99. The molecule has 1 unspecified atom stereocenters. The number of hydrogen-bond donors (Lipinski definition) is 1. The second-order valence-electron chi connectivity index (χ2n) is 5.84. The third-order valence-electron chi connectivity index (χ3n) is 3.58. The van der Waals surface area contributed by atoms with E-state index in [1.807, 2.05) is 0 Å². The first kappa shape index (κ1) is 19.2. The van der Waals surface area contributed by atoms with Crippen LogP contribution in [0.3, 0.4) is 0 Å². The fourth-order valence-corrected chi connectivity index (χ4v) is 2.42. The first-order chi connectivity index (χ1) is 11.7. The van der Waals surface area contributed by atoms with Crippen LogP contribution < -0.4 is 5.32 Å². The molecule has 1 aromatic carbocycles. The van der Waals surface area contributed by atoms with Crippen molar-refractivity contribution in [2.45, 2.75) is 25.1 Å². The molecule has 1 aliphatic rings. The molecule has 1 N–H and O–H groups in total. The molecule has 1 aromatic rings. The highest BCUT2D eigenvalue weighted by Crippen LogP contribution is 2.18. The summed E-state index contributed by atoms with van der Waals surface area (Å²) in [7, 11) is 1.37. The molecule has 1 aliphatic heterocycles. The van der Waals surface area contributed by atoms with Crippen molar-refractivity contribution in [3.05, 3.63) is 35.6 Å². The maximum Gasteiger partial charge on any atom is 0.401 e. The molecule has 0 saturated heterocycles. The zero-order valence-corrected chi connectivity index (χ0v) is 13.6. The Kier molecular flexibility index (Phi) is 6.35. The number of rotatable bonds is 7. The Labute approximate surface area is 142 Å². The molecule has 1 atom stereocenters. The fourth-order valence-electron chi connectivity index (χ4n) is 2.42. The van der Waals surface area contributed by atoms with Crippen LogP contribution in [0.15, 0.2) is 29.4 Å². The standard InChI is InChI=1S/C16H19F4N3O2/c1-23(10-16(18,19)20)7-3-6-21-15(24)14-9-13(22-25-14)11-4-2-5-12(17)8-11/h2,4-5,8,14H,3,6-7,9-10H2,1H3,(H,21,24). The highest BCUT2D eigenvalue weighted by molar-refractivity contribution is 6.04. The molecule has 1 heterocycles. The van der Waals surface area contributed by atoms with Gasteiger partial charge in [0.15, 0.2) is 0 Å². The molecule has 0 aliphatic carbocycles. The number of amides is 1. The summed E-state index contributed by atoms with van der Waals surface area (Å²) in [5.41, 5.74) is 1.02. The molecule has 9 heteroatoms. The van der Waals surface area contributed by atoms with Gasteiger partial charge in [0.25, 0.3) is 5.91 Å².